The summed E-state index contributed by atoms with van der Waals surface area (Å²) in [4.78, 5) is 11.1. The molecule has 0 saturated carbocycles. The van der Waals surface area contributed by atoms with Gasteiger partial charge in [0.15, 0.2) is 0 Å². The van der Waals surface area contributed by atoms with E-state index < -0.39 is 11.4 Å². The Balaban J connectivity index is 2.73. The predicted molar refractivity (Wildman–Crippen MR) is 51.6 cm³/mol. The number of hydrogen-bond acceptors (Lipinski definition) is 2. The molecule has 0 aromatic rings. The largest absolute Gasteiger partial charge is 0.481 e. The summed E-state index contributed by atoms with van der Waals surface area (Å²) in [6, 6.07) is 0. The number of nitrogens with one attached hydrogen (secondary N) is 1. The fourth-order valence-electron chi connectivity index (χ4n) is 1.95. The summed E-state index contributed by atoms with van der Waals surface area (Å²) in [6.07, 6.45) is 2.05. The Hall–Kier alpha value is -0.830. The maximum absolute atomic E-state index is 11.1. The SMILES string of the molecule is C=C(C)CC1(C(=O)O)CCNCC1. The second-order valence-corrected chi connectivity index (χ2v) is 3.97. The second kappa shape index (κ2) is 3.92. The first-order chi connectivity index (χ1) is 6.07. The number of piperidine rings is 1. The van der Waals surface area contributed by atoms with Crippen LogP contribution in [0.25, 0.3) is 0 Å². The number of rotatable bonds is 3. The van der Waals surface area contributed by atoms with Crippen molar-refractivity contribution < 1.29 is 9.90 Å². The Kier molecular flexibility index (Phi) is 3.09. The van der Waals surface area contributed by atoms with Crippen LogP contribution in [0.5, 0.6) is 0 Å². The van der Waals surface area contributed by atoms with E-state index in [0.717, 1.165) is 31.5 Å². The number of allylic oxidation sites excluding steroid dienone is 1. The van der Waals surface area contributed by atoms with Crippen LogP contribution in [0.15, 0.2) is 12.2 Å². The van der Waals surface area contributed by atoms with Crippen molar-refractivity contribution >= 4 is 5.97 Å². The van der Waals surface area contributed by atoms with Crippen LogP contribution in [0.4, 0.5) is 0 Å². The Morgan fingerprint density at radius 1 is 1.54 bits per heavy atom. The zero-order valence-electron chi connectivity index (χ0n) is 8.10. The van der Waals surface area contributed by atoms with Crippen molar-refractivity contribution in [2.24, 2.45) is 5.41 Å². The van der Waals surface area contributed by atoms with Crippen molar-refractivity contribution in [2.75, 3.05) is 13.1 Å². The van der Waals surface area contributed by atoms with Gasteiger partial charge in [0.2, 0.25) is 0 Å². The lowest BCUT2D eigenvalue weighted by Gasteiger charge is -2.33. The summed E-state index contributed by atoms with van der Waals surface area (Å²) in [6.45, 7) is 7.30. The molecule has 2 N–H and O–H groups in total. The molecular formula is C10H17NO2. The molecule has 3 heteroatoms. The van der Waals surface area contributed by atoms with E-state index >= 15 is 0 Å². The Bertz CT molecular complexity index is 217. The molecule has 13 heavy (non-hydrogen) atoms. The highest BCUT2D eigenvalue weighted by atomic mass is 16.4. The van der Waals surface area contributed by atoms with Crippen molar-refractivity contribution in [3.8, 4) is 0 Å². The van der Waals surface area contributed by atoms with Gasteiger partial charge in [-0.25, -0.2) is 0 Å². The van der Waals surface area contributed by atoms with E-state index in [-0.39, 0.29) is 0 Å². The lowest BCUT2D eigenvalue weighted by atomic mass is 9.74. The third kappa shape index (κ3) is 2.31. The van der Waals surface area contributed by atoms with E-state index in [9.17, 15) is 4.79 Å². The molecule has 74 valence electrons. The molecule has 1 rings (SSSR count). The summed E-state index contributed by atoms with van der Waals surface area (Å²) < 4.78 is 0. The van der Waals surface area contributed by atoms with E-state index in [0.29, 0.717) is 6.42 Å². The molecule has 1 fully saturated rings. The molecule has 0 radical (unpaired) electrons. The van der Waals surface area contributed by atoms with Gasteiger partial charge in [-0.05, 0) is 39.3 Å². The van der Waals surface area contributed by atoms with Gasteiger partial charge in [0, 0.05) is 0 Å². The van der Waals surface area contributed by atoms with E-state index in [1.54, 1.807) is 0 Å². The van der Waals surface area contributed by atoms with Gasteiger partial charge in [0.05, 0.1) is 5.41 Å². The van der Waals surface area contributed by atoms with E-state index in [1.807, 2.05) is 6.92 Å². The predicted octanol–water partition coefficient (Wildman–Crippen LogP) is 1.41. The first-order valence-electron chi connectivity index (χ1n) is 4.65. The fourth-order valence-corrected chi connectivity index (χ4v) is 1.95. The average molecular weight is 183 g/mol. The highest BCUT2D eigenvalue weighted by Gasteiger charge is 2.39. The van der Waals surface area contributed by atoms with E-state index in [2.05, 4.69) is 11.9 Å². The number of carbonyl (C=O) groups is 1. The van der Waals surface area contributed by atoms with Crippen LogP contribution in [0, 0.1) is 5.41 Å². The molecule has 0 unspecified atom stereocenters. The van der Waals surface area contributed by atoms with Gasteiger partial charge in [0.25, 0.3) is 0 Å². The van der Waals surface area contributed by atoms with Crippen molar-refractivity contribution in [1.29, 1.82) is 0 Å². The monoisotopic (exact) mass is 183 g/mol. The lowest BCUT2D eigenvalue weighted by molar-refractivity contribution is -0.150. The molecule has 1 aliphatic heterocycles. The summed E-state index contributed by atoms with van der Waals surface area (Å²) in [7, 11) is 0. The van der Waals surface area contributed by atoms with Gasteiger partial charge in [-0.15, -0.1) is 6.58 Å². The molecule has 0 spiro atoms. The minimum absolute atomic E-state index is 0.545. The molecule has 0 aromatic heterocycles. The van der Waals surface area contributed by atoms with Gasteiger partial charge in [-0.2, -0.15) is 0 Å². The zero-order valence-corrected chi connectivity index (χ0v) is 8.10. The van der Waals surface area contributed by atoms with Crippen LogP contribution in [-0.4, -0.2) is 24.2 Å². The van der Waals surface area contributed by atoms with Crippen LogP contribution in [0.3, 0.4) is 0 Å². The molecule has 0 aromatic carbocycles. The summed E-state index contributed by atoms with van der Waals surface area (Å²) >= 11 is 0. The minimum Gasteiger partial charge on any atom is -0.481 e. The van der Waals surface area contributed by atoms with E-state index in [1.165, 1.54) is 0 Å². The van der Waals surface area contributed by atoms with Crippen molar-refractivity contribution in [2.45, 2.75) is 26.2 Å². The normalized spacial score (nSPS) is 21.0. The second-order valence-electron chi connectivity index (χ2n) is 3.97. The molecule has 0 bridgehead atoms. The molecule has 0 amide bonds. The topological polar surface area (TPSA) is 49.3 Å². The number of hydrogen-bond donors (Lipinski definition) is 2. The third-order valence-electron chi connectivity index (χ3n) is 2.65. The highest BCUT2D eigenvalue weighted by Crippen LogP contribution is 2.35. The Morgan fingerprint density at radius 3 is 2.46 bits per heavy atom. The number of carboxylic acids is 1. The maximum Gasteiger partial charge on any atom is 0.310 e. The van der Waals surface area contributed by atoms with Gasteiger partial charge in [0.1, 0.15) is 0 Å². The average Bonchev–Trinajstić information content (AvgIpc) is 2.04. The molecule has 1 saturated heterocycles. The van der Waals surface area contributed by atoms with E-state index in [4.69, 9.17) is 5.11 Å². The first kappa shape index (κ1) is 10.3. The van der Waals surface area contributed by atoms with Crippen molar-refractivity contribution in [3.63, 3.8) is 0 Å². The van der Waals surface area contributed by atoms with Crippen LogP contribution in [-0.2, 0) is 4.79 Å². The third-order valence-corrected chi connectivity index (χ3v) is 2.65. The molecule has 3 nitrogen and oxygen atoms in total. The van der Waals surface area contributed by atoms with Crippen molar-refractivity contribution in [3.05, 3.63) is 12.2 Å². The van der Waals surface area contributed by atoms with Gasteiger partial charge >= 0.3 is 5.97 Å². The minimum atomic E-state index is -0.669. The molecule has 0 aliphatic carbocycles. The summed E-state index contributed by atoms with van der Waals surface area (Å²) in [5.74, 6) is -0.669. The lowest BCUT2D eigenvalue weighted by Crippen LogP contribution is -2.42. The zero-order chi connectivity index (χ0) is 9.90. The summed E-state index contributed by atoms with van der Waals surface area (Å²) in [5.41, 5.74) is 0.418. The molecular weight excluding hydrogens is 166 g/mol. The Labute approximate surface area is 78.8 Å². The summed E-state index contributed by atoms with van der Waals surface area (Å²) in [5, 5.41) is 12.3. The highest BCUT2D eigenvalue weighted by molar-refractivity contribution is 5.75. The van der Waals surface area contributed by atoms with Crippen LogP contribution >= 0.6 is 0 Å². The molecule has 0 atom stereocenters. The number of carboxylic acid groups (broad SMARTS) is 1. The van der Waals surface area contributed by atoms with Gasteiger partial charge in [-0.3, -0.25) is 4.79 Å². The Morgan fingerprint density at radius 2 is 2.08 bits per heavy atom. The van der Waals surface area contributed by atoms with Crippen LogP contribution < -0.4 is 5.32 Å². The van der Waals surface area contributed by atoms with Crippen LogP contribution in [0.1, 0.15) is 26.2 Å². The quantitative estimate of drug-likeness (QED) is 0.650. The maximum atomic E-state index is 11.1. The molecule has 1 heterocycles. The van der Waals surface area contributed by atoms with Gasteiger partial charge in [-0.1, -0.05) is 5.57 Å². The van der Waals surface area contributed by atoms with Crippen LogP contribution in [0.2, 0.25) is 0 Å². The standard InChI is InChI=1S/C10H17NO2/c1-8(2)7-10(9(12)13)3-5-11-6-4-10/h11H,1,3-7H2,2H3,(H,12,13). The van der Waals surface area contributed by atoms with Crippen molar-refractivity contribution in [1.82, 2.24) is 5.32 Å². The van der Waals surface area contributed by atoms with Gasteiger partial charge < -0.3 is 10.4 Å². The fraction of sp³-hybridized carbons (Fsp3) is 0.700. The smallest absolute Gasteiger partial charge is 0.310 e. The molecule has 1 aliphatic rings. The number of aliphatic carboxylic acids is 1. The first-order valence-corrected chi connectivity index (χ1v) is 4.65.